The highest BCUT2D eigenvalue weighted by atomic mass is 35.5. The zero-order valence-electron chi connectivity index (χ0n) is 9.29. The molecule has 96 valence electrons. The van der Waals surface area contributed by atoms with E-state index < -0.39 is 5.82 Å². The highest BCUT2D eigenvalue weighted by Crippen LogP contribution is 2.30. The molecule has 6 heteroatoms. The lowest BCUT2D eigenvalue weighted by Gasteiger charge is -2.15. The molecule has 0 spiro atoms. The molecule has 1 atom stereocenters. The Hall–Kier alpha value is -0.650. The summed E-state index contributed by atoms with van der Waals surface area (Å²) in [6, 6.07) is 8.42. The van der Waals surface area contributed by atoms with Gasteiger partial charge in [0.25, 0.3) is 0 Å². The molecular weight excluding hydrogens is 294 g/mol. The van der Waals surface area contributed by atoms with Crippen molar-refractivity contribution in [3.63, 3.8) is 0 Å². The average Bonchev–Trinajstić information content (AvgIpc) is 2.78. The summed E-state index contributed by atoms with van der Waals surface area (Å²) < 4.78 is 14.5. The van der Waals surface area contributed by atoms with Gasteiger partial charge >= 0.3 is 0 Å². The molecule has 0 fully saturated rings. The number of benzene rings is 1. The van der Waals surface area contributed by atoms with Crippen LogP contribution in [0.4, 0.5) is 4.39 Å². The quantitative estimate of drug-likeness (QED) is 0.663. The van der Waals surface area contributed by atoms with Crippen molar-refractivity contribution in [1.82, 2.24) is 5.43 Å². The molecule has 1 heterocycles. The van der Waals surface area contributed by atoms with Crippen molar-refractivity contribution >= 4 is 34.5 Å². The fourth-order valence-electron chi connectivity index (χ4n) is 1.68. The van der Waals surface area contributed by atoms with Crippen molar-refractivity contribution in [3.05, 3.63) is 55.9 Å². The van der Waals surface area contributed by atoms with Gasteiger partial charge in [0.2, 0.25) is 0 Å². The maximum atomic E-state index is 13.8. The third-order valence-electron chi connectivity index (χ3n) is 2.59. The van der Waals surface area contributed by atoms with Crippen LogP contribution < -0.4 is 11.3 Å². The standard InChI is InChI=1S/C12H11Cl2FN2S/c13-8-3-1-2-7(12(8)15)6-9(17-16)10-4-5-11(14)18-10/h1-5,9,17H,6,16H2. The summed E-state index contributed by atoms with van der Waals surface area (Å²) in [6.45, 7) is 0. The largest absolute Gasteiger partial charge is 0.271 e. The predicted octanol–water partition coefficient (Wildman–Crippen LogP) is 3.94. The second-order valence-electron chi connectivity index (χ2n) is 3.78. The second kappa shape index (κ2) is 5.99. The molecule has 0 aliphatic heterocycles. The predicted molar refractivity (Wildman–Crippen MR) is 74.5 cm³/mol. The topological polar surface area (TPSA) is 38.0 Å². The minimum Gasteiger partial charge on any atom is -0.271 e. The van der Waals surface area contributed by atoms with Crippen LogP contribution in [0.25, 0.3) is 0 Å². The lowest BCUT2D eigenvalue weighted by Crippen LogP contribution is -2.29. The molecule has 0 aliphatic carbocycles. The zero-order chi connectivity index (χ0) is 13.1. The smallest absolute Gasteiger partial charge is 0.145 e. The molecule has 0 saturated heterocycles. The van der Waals surface area contributed by atoms with Crippen LogP contribution in [-0.2, 0) is 6.42 Å². The van der Waals surface area contributed by atoms with Crippen LogP contribution in [0.15, 0.2) is 30.3 Å². The number of nitrogens with two attached hydrogens (primary N) is 1. The van der Waals surface area contributed by atoms with Crippen molar-refractivity contribution in [3.8, 4) is 0 Å². The lowest BCUT2D eigenvalue weighted by atomic mass is 10.0. The van der Waals surface area contributed by atoms with Crippen molar-refractivity contribution in [2.45, 2.75) is 12.5 Å². The molecule has 2 aromatic rings. The number of halogens is 3. The van der Waals surface area contributed by atoms with Crippen LogP contribution in [0.3, 0.4) is 0 Å². The summed E-state index contributed by atoms with van der Waals surface area (Å²) in [5, 5.41) is 0.118. The average molecular weight is 305 g/mol. The van der Waals surface area contributed by atoms with Gasteiger partial charge in [-0.05, 0) is 30.2 Å². The molecule has 3 N–H and O–H groups in total. The number of hydrazine groups is 1. The first-order chi connectivity index (χ1) is 8.61. The lowest BCUT2D eigenvalue weighted by molar-refractivity contribution is 0.535. The summed E-state index contributed by atoms with van der Waals surface area (Å²) in [5.74, 6) is 5.11. The van der Waals surface area contributed by atoms with Gasteiger partial charge in [-0.25, -0.2) is 4.39 Å². The molecule has 0 bridgehead atoms. The van der Waals surface area contributed by atoms with Crippen molar-refractivity contribution < 1.29 is 4.39 Å². The monoisotopic (exact) mass is 304 g/mol. The van der Waals surface area contributed by atoms with E-state index in [0.717, 1.165) is 4.88 Å². The molecule has 0 amide bonds. The van der Waals surface area contributed by atoms with E-state index >= 15 is 0 Å². The highest BCUT2D eigenvalue weighted by molar-refractivity contribution is 7.16. The summed E-state index contributed by atoms with van der Waals surface area (Å²) >= 11 is 13.0. The number of rotatable bonds is 4. The Balaban J connectivity index is 2.23. The van der Waals surface area contributed by atoms with Crippen molar-refractivity contribution in [1.29, 1.82) is 0 Å². The molecule has 0 aliphatic rings. The van der Waals surface area contributed by atoms with E-state index in [-0.39, 0.29) is 11.1 Å². The van der Waals surface area contributed by atoms with Crippen LogP contribution >= 0.6 is 34.5 Å². The number of thiophene rings is 1. The summed E-state index contributed by atoms with van der Waals surface area (Å²) in [4.78, 5) is 0.960. The molecule has 18 heavy (non-hydrogen) atoms. The summed E-state index contributed by atoms with van der Waals surface area (Å²) in [6.07, 6.45) is 0.416. The molecule has 1 aromatic heterocycles. The summed E-state index contributed by atoms with van der Waals surface area (Å²) in [5.41, 5.74) is 3.19. The van der Waals surface area contributed by atoms with Gasteiger partial charge in [0.05, 0.1) is 15.4 Å². The minimum atomic E-state index is -0.401. The molecule has 0 saturated carbocycles. The highest BCUT2D eigenvalue weighted by Gasteiger charge is 2.16. The van der Waals surface area contributed by atoms with E-state index in [4.69, 9.17) is 29.0 Å². The van der Waals surface area contributed by atoms with Gasteiger partial charge in [-0.15, -0.1) is 11.3 Å². The summed E-state index contributed by atoms with van der Waals surface area (Å²) in [7, 11) is 0. The first-order valence-electron chi connectivity index (χ1n) is 5.26. The Bertz CT molecular complexity index is 545. The number of hydrogen-bond acceptors (Lipinski definition) is 3. The van der Waals surface area contributed by atoms with Crippen LogP contribution in [0, 0.1) is 5.82 Å². The fourth-order valence-corrected chi connectivity index (χ4v) is 3.00. The second-order valence-corrected chi connectivity index (χ2v) is 5.93. The van der Waals surface area contributed by atoms with Gasteiger partial charge in [-0.1, -0.05) is 35.3 Å². The van der Waals surface area contributed by atoms with E-state index in [1.54, 1.807) is 18.2 Å². The third-order valence-corrected chi connectivity index (χ3v) is 4.23. The Kier molecular flexibility index (Phi) is 4.59. The van der Waals surface area contributed by atoms with Crippen molar-refractivity contribution in [2.24, 2.45) is 5.84 Å². The Morgan fingerprint density at radius 3 is 2.67 bits per heavy atom. The van der Waals surface area contributed by atoms with Gasteiger partial charge in [-0.3, -0.25) is 11.3 Å². The van der Waals surface area contributed by atoms with E-state index in [1.165, 1.54) is 17.4 Å². The molecule has 1 aromatic carbocycles. The molecule has 1 unspecified atom stereocenters. The first-order valence-corrected chi connectivity index (χ1v) is 6.83. The van der Waals surface area contributed by atoms with Crippen LogP contribution in [-0.4, -0.2) is 0 Å². The number of nitrogens with one attached hydrogen (secondary N) is 1. The molecule has 2 nitrogen and oxygen atoms in total. The van der Waals surface area contributed by atoms with Crippen molar-refractivity contribution in [2.75, 3.05) is 0 Å². The zero-order valence-corrected chi connectivity index (χ0v) is 11.6. The van der Waals surface area contributed by atoms with Crippen LogP contribution in [0.2, 0.25) is 9.36 Å². The minimum absolute atomic E-state index is 0.118. The normalized spacial score (nSPS) is 12.7. The molecule has 0 radical (unpaired) electrons. The third kappa shape index (κ3) is 3.02. The maximum absolute atomic E-state index is 13.8. The Morgan fingerprint density at radius 2 is 2.06 bits per heavy atom. The molecular formula is C12H11Cl2FN2S. The van der Waals surface area contributed by atoms with Gasteiger partial charge in [0.15, 0.2) is 0 Å². The first kappa shape index (κ1) is 13.8. The van der Waals surface area contributed by atoms with E-state index in [2.05, 4.69) is 5.43 Å². The number of hydrogen-bond donors (Lipinski definition) is 2. The fraction of sp³-hybridized carbons (Fsp3) is 0.167. The maximum Gasteiger partial charge on any atom is 0.145 e. The van der Waals surface area contributed by atoms with E-state index in [9.17, 15) is 4.39 Å². The Labute approximate surface area is 118 Å². The van der Waals surface area contributed by atoms with Gasteiger partial charge < -0.3 is 0 Å². The van der Waals surface area contributed by atoms with Crippen LogP contribution in [0.1, 0.15) is 16.5 Å². The van der Waals surface area contributed by atoms with Gasteiger partial charge in [-0.2, -0.15) is 0 Å². The van der Waals surface area contributed by atoms with E-state index in [0.29, 0.717) is 16.3 Å². The Morgan fingerprint density at radius 1 is 1.28 bits per heavy atom. The molecule has 2 rings (SSSR count). The van der Waals surface area contributed by atoms with Gasteiger partial charge in [0, 0.05) is 4.88 Å². The van der Waals surface area contributed by atoms with Gasteiger partial charge in [0.1, 0.15) is 5.82 Å². The SMILES string of the molecule is NNC(Cc1cccc(Cl)c1F)c1ccc(Cl)s1. The van der Waals surface area contributed by atoms with E-state index in [1.807, 2.05) is 6.07 Å². The van der Waals surface area contributed by atoms with Crippen LogP contribution in [0.5, 0.6) is 0 Å².